The number of ether oxygens (including phenoxy) is 1. The average Bonchev–Trinajstić information content (AvgIpc) is 3.19. The van der Waals surface area contributed by atoms with Crippen molar-refractivity contribution in [3.05, 3.63) is 118 Å². The van der Waals surface area contributed by atoms with Gasteiger partial charge >= 0.3 is 5.97 Å². The Balaban J connectivity index is 0.000000356. The first-order chi connectivity index (χ1) is 17.0. The fourth-order valence-electron chi connectivity index (χ4n) is 4.14. The van der Waals surface area contributed by atoms with Gasteiger partial charge in [-0.1, -0.05) is 57.9 Å². The monoisotopic (exact) mass is 529 g/mol. The Hall–Kier alpha value is -3.51. The maximum Gasteiger partial charge on any atom is 0.305 e. The topological polar surface area (TPSA) is 56.5 Å². The number of hydrogen-bond donors (Lipinski definition) is 0. The molecule has 0 radical (unpaired) electrons. The van der Waals surface area contributed by atoms with Gasteiger partial charge in [-0.2, -0.15) is 0 Å². The summed E-state index contributed by atoms with van der Waals surface area (Å²) >= 11 is 3.59. The normalized spacial score (nSPS) is 13.9. The number of aliphatic imine (C=N–C) groups is 1. The van der Waals surface area contributed by atoms with Gasteiger partial charge in [-0.15, -0.1) is 0 Å². The summed E-state index contributed by atoms with van der Waals surface area (Å²) in [5.74, 6) is -0.228. The first-order valence-corrected chi connectivity index (χ1v) is 12.3. The molecule has 0 aliphatic carbocycles. The minimum absolute atomic E-state index is 0.170. The lowest BCUT2D eigenvalue weighted by Gasteiger charge is -2.15. The second-order valence-electron chi connectivity index (χ2n) is 8.37. The van der Waals surface area contributed by atoms with Crippen molar-refractivity contribution >= 4 is 27.6 Å². The number of halogens is 1. The smallest absolute Gasteiger partial charge is 0.305 e. The van der Waals surface area contributed by atoms with E-state index in [1.165, 1.54) is 12.7 Å². The Bertz CT molecular complexity index is 1330. The van der Waals surface area contributed by atoms with Crippen LogP contribution < -0.4 is 0 Å². The second kappa shape index (κ2) is 11.3. The second-order valence-corrected chi connectivity index (χ2v) is 9.29. The molecule has 4 aromatic rings. The molecule has 6 heteroatoms. The van der Waals surface area contributed by atoms with Crippen LogP contribution in [0.15, 0.2) is 94.5 Å². The van der Waals surface area contributed by atoms with Crippen LogP contribution in [0.4, 0.5) is 0 Å². The number of hydrogen-bond acceptors (Lipinski definition) is 4. The van der Waals surface area contributed by atoms with Gasteiger partial charge in [0.15, 0.2) is 0 Å². The Kier molecular flexibility index (Phi) is 7.93. The van der Waals surface area contributed by atoms with Gasteiger partial charge in [0, 0.05) is 34.0 Å². The summed E-state index contributed by atoms with van der Waals surface area (Å²) < 4.78 is 8.05. The Morgan fingerprint density at radius 2 is 1.77 bits per heavy atom. The van der Waals surface area contributed by atoms with Crippen molar-refractivity contribution in [1.29, 1.82) is 0 Å². The minimum Gasteiger partial charge on any atom is -0.469 e. The van der Waals surface area contributed by atoms with E-state index in [-0.39, 0.29) is 12.0 Å². The van der Waals surface area contributed by atoms with E-state index >= 15 is 0 Å². The third-order valence-corrected chi connectivity index (χ3v) is 6.38. The molecule has 0 saturated heterocycles. The molecule has 0 saturated carbocycles. The number of benzene rings is 2. The van der Waals surface area contributed by atoms with Crippen molar-refractivity contribution in [2.75, 3.05) is 7.11 Å². The summed E-state index contributed by atoms with van der Waals surface area (Å²) in [5, 5.41) is 0. The van der Waals surface area contributed by atoms with E-state index in [1.54, 1.807) is 6.20 Å². The lowest BCUT2D eigenvalue weighted by Crippen LogP contribution is -2.09. The maximum atomic E-state index is 11.8. The van der Waals surface area contributed by atoms with Crippen LogP contribution in [0.5, 0.6) is 0 Å². The molecule has 5 nitrogen and oxygen atoms in total. The third-order valence-electron chi connectivity index (χ3n) is 5.88. The molecule has 2 aromatic carbocycles. The van der Waals surface area contributed by atoms with Gasteiger partial charge < -0.3 is 9.30 Å². The van der Waals surface area contributed by atoms with E-state index in [1.807, 2.05) is 42.5 Å². The number of carbonyl (C=O) groups excluding carboxylic acids is 1. The molecular formula is C29H28BrN3O2. The number of fused-ring (bicyclic) bond motifs is 3. The van der Waals surface area contributed by atoms with Gasteiger partial charge in [0.05, 0.1) is 30.2 Å². The maximum absolute atomic E-state index is 11.8. The summed E-state index contributed by atoms with van der Waals surface area (Å²) in [7, 11) is 1.41. The summed E-state index contributed by atoms with van der Waals surface area (Å²) in [4.78, 5) is 21.4. The first kappa shape index (κ1) is 24.6. The molecule has 0 N–H and O–H groups in total. The lowest BCUT2D eigenvalue weighted by atomic mass is 10.0. The molecule has 2 aromatic heterocycles. The molecule has 0 amide bonds. The quantitative estimate of drug-likeness (QED) is 0.273. The largest absolute Gasteiger partial charge is 0.469 e. The van der Waals surface area contributed by atoms with Crippen LogP contribution in [-0.4, -0.2) is 28.3 Å². The number of aryl methyl sites for hydroxylation is 2. The molecule has 5 rings (SSSR count). The van der Waals surface area contributed by atoms with Gasteiger partial charge in [0.2, 0.25) is 0 Å². The molecule has 0 spiro atoms. The van der Waals surface area contributed by atoms with E-state index in [0.29, 0.717) is 12.8 Å². The van der Waals surface area contributed by atoms with Crippen LogP contribution in [0.25, 0.3) is 5.69 Å². The Labute approximate surface area is 214 Å². The number of nitrogens with zero attached hydrogens (tertiary/aromatic N) is 3. The summed E-state index contributed by atoms with van der Waals surface area (Å²) in [6, 6.07) is 26.3. The van der Waals surface area contributed by atoms with Crippen LogP contribution in [0.3, 0.4) is 0 Å². The Morgan fingerprint density at radius 3 is 2.43 bits per heavy atom. The molecule has 1 aliphatic heterocycles. The van der Waals surface area contributed by atoms with E-state index in [9.17, 15) is 4.79 Å². The van der Waals surface area contributed by atoms with Crippen LogP contribution in [-0.2, 0) is 9.53 Å². The predicted molar refractivity (Wildman–Crippen MR) is 143 cm³/mol. The highest BCUT2D eigenvalue weighted by Crippen LogP contribution is 2.35. The molecule has 3 heterocycles. The molecule has 0 fully saturated rings. The average molecular weight is 530 g/mol. The standard InChI is InChI=1S/C22H20BrN3O2.C7H8/c1-14-6-9-20-17(8-11-21(27)28-2)25-22(18-5-3-4-12-24-18)16-13-15(23)7-10-19(16)26(14)20;1-7-5-3-2-4-6-7/h3-7,9-10,12-13,17H,8,11H2,1-2H3;2-6H,1H3/t17-;/m0./s1. The van der Waals surface area contributed by atoms with Gasteiger partial charge in [-0.3, -0.25) is 14.8 Å². The number of pyridine rings is 1. The van der Waals surface area contributed by atoms with Gasteiger partial charge in [-0.25, -0.2) is 0 Å². The molecule has 0 bridgehead atoms. The summed E-state index contributed by atoms with van der Waals surface area (Å²) in [5.41, 5.74) is 7.22. The van der Waals surface area contributed by atoms with Crippen LogP contribution in [0, 0.1) is 13.8 Å². The van der Waals surface area contributed by atoms with Crippen molar-refractivity contribution in [1.82, 2.24) is 9.55 Å². The van der Waals surface area contributed by atoms with E-state index < -0.39 is 0 Å². The van der Waals surface area contributed by atoms with E-state index in [0.717, 1.165) is 38.5 Å². The molecular weight excluding hydrogens is 502 g/mol. The SMILES string of the molecule is COC(=O)CC[C@@H]1N=C(c2ccccn2)c2cc(Br)ccc2-n2c(C)ccc21.Cc1ccccc1. The van der Waals surface area contributed by atoms with Crippen LogP contribution in [0.1, 0.15) is 47.1 Å². The highest BCUT2D eigenvalue weighted by atomic mass is 79.9. The van der Waals surface area contributed by atoms with Crippen molar-refractivity contribution in [3.8, 4) is 5.69 Å². The predicted octanol–water partition coefficient (Wildman–Crippen LogP) is 6.78. The van der Waals surface area contributed by atoms with E-state index in [4.69, 9.17) is 9.73 Å². The highest BCUT2D eigenvalue weighted by Gasteiger charge is 2.27. The summed E-state index contributed by atoms with van der Waals surface area (Å²) in [6.45, 7) is 4.17. The van der Waals surface area contributed by atoms with E-state index in [2.05, 4.69) is 75.7 Å². The number of methoxy groups -OCH3 is 1. The fraction of sp³-hybridized carbons (Fsp3) is 0.207. The zero-order valence-corrected chi connectivity index (χ0v) is 21.7. The van der Waals surface area contributed by atoms with Crippen molar-refractivity contribution in [2.45, 2.75) is 32.7 Å². The van der Waals surface area contributed by atoms with Crippen LogP contribution in [0.2, 0.25) is 0 Å². The number of rotatable bonds is 4. The summed E-state index contributed by atoms with van der Waals surface area (Å²) in [6.07, 6.45) is 2.65. The number of carbonyl (C=O) groups is 1. The number of esters is 1. The molecule has 1 atom stereocenters. The molecule has 178 valence electrons. The van der Waals surface area contributed by atoms with Crippen molar-refractivity contribution in [2.24, 2.45) is 4.99 Å². The molecule has 35 heavy (non-hydrogen) atoms. The van der Waals surface area contributed by atoms with Crippen molar-refractivity contribution < 1.29 is 9.53 Å². The zero-order chi connectivity index (χ0) is 24.8. The van der Waals surface area contributed by atoms with Gasteiger partial charge in [0.25, 0.3) is 0 Å². The van der Waals surface area contributed by atoms with Crippen LogP contribution >= 0.6 is 15.9 Å². The lowest BCUT2D eigenvalue weighted by molar-refractivity contribution is -0.140. The zero-order valence-electron chi connectivity index (χ0n) is 20.1. The molecule has 1 aliphatic rings. The third kappa shape index (κ3) is 5.77. The number of aromatic nitrogens is 2. The highest BCUT2D eigenvalue weighted by molar-refractivity contribution is 9.10. The fourth-order valence-corrected chi connectivity index (χ4v) is 4.50. The van der Waals surface area contributed by atoms with Gasteiger partial charge in [0.1, 0.15) is 0 Å². The first-order valence-electron chi connectivity index (χ1n) is 11.5. The minimum atomic E-state index is -0.228. The molecule has 0 unspecified atom stereocenters. The Morgan fingerprint density at radius 1 is 1.00 bits per heavy atom. The van der Waals surface area contributed by atoms with Crippen molar-refractivity contribution in [3.63, 3.8) is 0 Å². The van der Waals surface area contributed by atoms with Gasteiger partial charge in [-0.05, 0) is 62.7 Å².